The number of fused-ring (bicyclic) bond motifs is 1. The standard InChI is InChI=1S/C18H23NO3/c1-13(20)15-7-8-17-16(12-15)19(9-10-22-17)18(21)11-14-5-3-2-4-6-14/h7-8,12,14H,2-6,9-11H2,1H3. The predicted octanol–water partition coefficient (Wildman–Crippen LogP) is 3.59. The molecule has 0 spiro atoms. The van der Waals surface area contributed by atoms with Gasteiger partial charge in [0.05, 0.1) is 12.2 Å². The van der Waals surface area contributed by atoms with Gasteiger partial charge in [-0.25, -0.2) is 0 Å². The van der Waals surface area contributed by atoms with Crippen molar-refractivity contribution in [2.24, 2.45) is 5.92 Å². The highest BCUT2D eigenvalue weighted by Gasteiger charge is 2.27. The number of carbonyl (C=O) groups excluding carboxylic acids is 2. The number of hydrogen-bond donors (Lipinski definition) is 0. The zero-order valence-electron chi connectivity index (χ0n) is 13.1. The number of anilines is 1. The van der Waals surface area contributed by atoms with Crippen molar-refractivity contribution in [2.45, 2.75) is 45.4 Å². The molecule has 0 bridgehead atoms. The van der Waals surface area contributed by atoms with Crippen molar-refractivity contribution in [3.05, 3.63) is 23.8 Å². The van der Waals surface area contributed by atoms with Crippen LogP contribution in [0.3, 0.4) is 0 Å². The van der Waals surface area contributed by atoms with Gasteiger partial charge in [-0.05, 0) is 43.9 Å². The molecule has 1 aromatic carbocycles. The lowest BCUT2D eigenvalue weighted by Gasteiger charge is -2.31. The van der Waals surface area contributed by atoms with Gasteiger partial charge in [-0.15, -0.1) is 0 Å². The largest absolute Gasteiger partial charge is 0.490 e. The first-order valence-corrected chi connectivity index (χ1v) is 8.23. The molecule has 0 saturated heterocycles. The summed E-state index contributed by atoms with van der Waals surface area (Å²) in [5.74, 6) is 1.39. The van der Waals surface area contributed by atoms with Crippen LogP contribution in [0.5, 0.6) is 5.75 Å². The quantitative estimate of drug-likeness (QED) is 0.802. The van der Waals surface area contributed by atoms with Crippen LogP contribution in [0.1, 0.15) is 55.8 Å². The molecule has 1 aromatic rings. The van der Waals surface area contributed by atoms with Crippen molar-refractivity contribution in [3.63, 3.8) is 0 Å². The Labute approximate surface area is 131 Å². The van der Waals surface area contributed by atoms with Crippen molar-refractivity contribution in [2.75, 3.05) is 18.1 Å². The van der Waals surface area contributed by atoms with Crippen molar-refractivity contribution >= 4 is 17.4 Å². The maximum atomic E-state index is 12.7. The minimum Gasteiger partial charge on any atom is -0.490 e. The summed E-state index contributed by atoms with van der Waals surface area (Å²) in [4.78, 5) is 26.1. The third kappa shape index (κ3) is 3.16. The molecule has 22 heavy (non-hydrogen) atoms. The second kappa shape index (κ2) is 6.51. The number of benzene rings is 1. The van der Waals surface area contributed by atoms with E-state index in [1.807, 2.05) is 0 Å². The highest BCUT2D eigenvalue weighted by atomic mass is 16.5. The van der Waals surface area contributed by atoms with Gasteiger partial charge in [0.2, 0.25) is 5.91 Å². The number of ketones is 1. The lowest BCUT2D eigenvalue weighted by Crippen LogP contribution is -2.39. The van der Waals surface area contributed by atoms with Gasteiger partial charge in [0, 0.05) is 12.0 Å². The van der Waals surface area contributed by atoms with E-state index in [1.54, 1.807) is 30.0 Å². The van der Waals surface area contributed by atoms with E-state index in [0.717, 1.165) is 18.5 Å². The van der Waals surface area contributed by atoms with Crippen LogP contribution in [0, 0.1) is 5.92 Å². The maximum absolute atomic E-state index is 12.7. The Kier molecular flexibility index (Phi) is 4.46. The maximum Gasteiger partial charge on any atom is 0.227 e. The Morgan fingerprint density at radius 1 is 1.23 bits per heavy atom. The molecule has 1 aliphatic carbocycles. The molecule has 3 rings (SSSR count). The van der Waals surface area contributed by atoms with Gasteiger partial charge in [-0.3, -0.25) is 9.59 Å². The molecular formula is C18H23NO3. The zero-order valence-corrected chi connectivity index (χ0v) is 13.1. The van der Waals surface area contributed by atoms with Crippen molar-refractivity contribution in [1.82, 2.24) is 0 Å². The Morgan fingerprint density at radius 2 is 2.00 bits per heavy atom. The summed E-state index contributed by atoms with van der Waals surface area (Å²) in [6.45, 7) is 2.63. The summed E-state index contributed by atoms with van der Waals surface area (Å²) in [6, 6.07) is 5.35. The highest BCUT2D eigenvalue weighted by Crippen LogP contribution is 2.34. The van der Waals surface area contributed by atoms with Gasteiger partial charge in [0.15, 0.2) is 5.78 Å². The van der Waals surface area contributed by atoms with Crippen molar-refractivity contribution in [3.8, 4) is 5.75 Å². The summed E-state index contributed by atoms with van der Waals surface area (Å²) in [7, 11) is 0. The molecule has 1 amide bonds. The van der Waals surface area contributed by atoms with E-state index in [4.69, 9.17) is 4.74 Å². The lowest BCUT2D eigenvalue weighted by atomic mass is 9.86. The first-order chi connectivity index (χ1) is 10.6. The fraction of sp³-hybridized carbons (Fsp3) is 0.556. The van der Waals surface area contributed by atoms with E-state index in [1.165, 1.54) is 19.3 Å². The van der Waals surface area contributed by atoms with Crippen LogP contribution in [0.25, 0.3) is 0 Å². The smallest absolute Gasteiger partial charge is 0.227 e. The van der Waals surface area contributed by atoms with E-state index >= 15 is 0 Å². The number of carbonyl (C=O) groups is 2. The van der Waals surface area contributed by atoms with E-state index in [2.05, 4.69) is 0 Å². The summed E-state index contributed by atoms with van der Waals surface area (Å²) in [6.07, 6.45) is 6.72. The third-order valence-electron chi connectivity index (χ3n) is 4.72. The first kappa shape index (κ1) is 15.1. The molecule has 0 aromatic heterocycles. The summed E-state index contributed by atoms with van der Waals surface area (Å²) >= 11 is 0. The molecule has 0 atom stereocenters. The zero-order chi connectivity index (χ0) is 15.5. The molecule has 0 unspecified atom stereocenters. The minimum absolute atomic E-state index is 0.00746. The monoisotopic (exact) mass is 301 g/mol. The topological polar surface area (TPSA) is 46.6 Å². The Bertz CT molecular complexity index is 576. The summed E-state index contributed by atoms with van der Waals surface area (Å²) in [5.41, 5.74) is 1.37. The van der Waals surface area contributed by atoms with Crippen LogP contribution >= 0.6 is 0 Å². The lowest BCUT2D eigenvalue weighted by molar-refractivity contribution is -0.120. The van der Waals surface area contributed by atoms with E-state index in [-0.39, 0.29) is 11.7 Å². The van der Waals surface area contributed by atoms with E-state index in [9.17, 15) is 9.59 Å². The third-order valence-corrected chi connectivity index (χ3v) is 4.72. The van der Waals surface area contributed by atoms with Gasteiger partial charge in [0.1, 0.15) is 12.4 Å². The van der Waals surface area contributed by atoms with Gasteiger partial charge < -0.3 is 9.64 Å². The van der Waals surface area contributed by atoms with Crippen molar-refractivity contribution < 1.29 is 14.3 Å². The average Bonchev–Trinajstić information content (AvgIpc) is 2.54. The van der Waals surface area contributed by atoms with Gasteiger partial charge in [-0.1, -0.05) is 19.3 Å². The number of ether oxygens (including phenoxy) is 1. The fourth-order valence-electron chi connectivity index (χ4n) is 3.44. The average molecular weight is 301 g/mol. The number of nitrogens with zero attached hydrogens (tertiary/aromatic N) is 1. The molecule has 1 heterocycles. The van der Waals surface area contributed by atoms with Crippen LogP contribution in [0.15, 0.2) is 18.2 Å². The molecule has 2 aliphatic rings. The van der Waals surface area contributed by atoms with Crippen LogP contribution in [0.4, 0.5) is 5.69 Å². The van der Waals surface area contributed by atoms with Crippen LogP contribution in [-0.4, -0.2) is 24.8 Å². The second-order valence-electron chi connectivity index (χ2n) is 6.34. The fourth-order valence-corrected chi connectivity index (χ4v) is 3.44. The number of rotatable bonds is 3. The molecule has 4 nitrogen and oxygen atoms in total. The van der Waals surface area contributed by atoms with Crippen molar-refractivity contribution in [1.29, 1.82) is 0 Å². The van der Waals surface area contributed by atoms with E-state index < -0.39 is 0 Å². The molecule has 1 fully saturated rings. The Hall–Kier alpha value is -1.84. The molecule has 118 valence electrons. The minimum atomic E-state index is 0.00746. The number of amides is 1. The van der Waals surface area contributed by atoms with E-state index in [0.29, 0.717) is 36.8 Å². The van der Waals surface area contributed by atoms with Gasteiger partial charge >= 0.3 is 0 Å². The van der Waals surface area contributed by atoms with Crippen LogP contribution in [0.2, 0.25) is 0 Å². The summed E-state index contributed by atoms with van der Waals surface area (Å²) in [5, 5.41) is 0. The molecule has 1 saturated carbocycles. The molecule has 1 aliphatic heterocycles. The molecular weight excluding hydrogens is 278 g/mol. The predicted molar refractivity (Wildman–Crippen MR) is 85.5 cm³/mol. The first-order valence-electron chi connectivity index (χ1n) is 8.23. The van der Waals surface area contributed by atoms with Gasteiger partial charge in [0.25, 0.3) is 0 Å². The Morgan fingerprint density at radius 3 is 2.73 bits per heavy atom. The van der Waals surface area contributed by atoms with Crippen LogP contribution < -0.4 is 9.64 Å². The molecule has 4 heteroatoms. The number of hydrogen-bond acceptors (Lipinski definition) is 3. The molecule has 0 N–H and O–H groups in total. The highest BCUT2D eigenvalue weighted by molar-refractivity contribution is 5.99. The summed E-state index contributed by atoms with van der Waals surface area (Å²) < 4.78 is 5.62. The van der Waals surface area contributed by atoms with Crippen LogP contribution in [-0.2, 0) is 4.79 Å². The second-order valence-corrected chi connectivity index (χ2v) is 6.34. The Balaban J connectivity index is 1.78. The number of Topliss-reactive ketones (excluding diaryl/α,β-unsaturated/α-hetero) is 1. The SMILES string of the molecule is CC(=O)c1ccc2c(c1)N(C(=O)CC1CCCCC1)CCO2. The van der Waals surface area contributed by atoms with Gasteiger partial charge in [-0.2, -0.15) is 0 Å². The molecule has 0 radical (unpaired) electrons. The normalized spacial score (nSPS) is 18.5.